The van der Waals surface area contributed by atoms with E-state index in [1.165, 1.54) is 43.5 Å². The number of methoxy groups -OCH3 is 1. The second-order valence-electron chi connectivity index (χ2n) is 13.4. The Bertz CT molecular complexity index is 2080. The van der Waals surface area contributed by atoms with Gasteiger partial charge < -0.3 is 67.8 Å². The molecule has 3 aliphatic rings. The molecule has 6 rings (SSSR count). The molecule has 0 saturated carbocycles. The summed E-state index contributed by atoms with van der Waals surface area (Å²) in [7, 11) is 1.35. The van der Waals surface area contributed by atoms with E-state index in [9.17, 15) is 44.4 Å². The highest BCUT2D eigenvalue weighted by Crippen LogP contribution is 2.46. The lowest BCUT2D eigenvalue weighted by atomic mass is 9.92. The zero-order valence-corrected chi connectivity index (χ0v) is 31.6. The van der Waals surface area contributed by atoms with Gasteiger partial charge >= 0.3 is 23.9 Å². The summed E-state index contributed by atoms with van der Waals surface area (Å²) >= 11 is 0. The first-order chi connectivity index (χ1) is 27.5. The van der Waals surface area contributed by atoms with Gasteiger partial charge in [-0.05, 0) is 29.8 Å². The Morgan fingerprint density at radius 2 is 1.29 bits per heavy atom. The number of fused-ring (bicyclic) bond motifs is 2. The maximum Gasteiger partial charge on any atom is 0.303 e. The first-order valence-electron chi connectivity index (χ1n) is 17.8. The van der Waals surface area contributed by atoms with E-state index in [4.69, 9.17) is 47.4 Å². The molecule has 3 heterocycles. The van der Waals surface area contributed by atoms with Gasteiger partial charge in [0.1, 0.15) is 35.5 Å². The van der Waals surface area contributed by atoms with Crippen LogP contribution in [0, 0.1) is 0 Å². The monoisotopic (exact) mass is 812 g/mol. The number of phenols is 3. The van der Waals surface area contributed by atoms with Crippen molar-refractivity contribution >= 4 is 29.7 Å². The quantitative estimate of drug-likeness (QED) is 0.160. The molecule has 0 spiro atoms. The minimum Gasteiger partial charge on any atom is -0.508 e. The Balaban J connectivity index is 1.33. The van der Waals surface area contributed by atoms with Gasteiger partial charge in [-0.3, -0.25) is 24.0 Å². The summed E-state index contributed by atoms with van der Waals surface area (Å²) in [6.45, 7) is 3.53. The van der Waals surface area contributed by atoms with E-state index < -0.39 is 104 Å². The number of Topliss-reactive ketones (excluding diaryl/α,β-unsaturated/α-hetero) is 1. The second-order valence-corrected chi connectivity index (χ2v) is 13.4. The molecule has 1 fully saturated rings. The third kappa shape index (κ3) is 8.80. The number of ketones is 1. The van der Waals surface area contributed by atoms with Crippen LogP contribution in [0.3, 0.4) is 0 Å². The Morgan fingerprint density at radius 1 is 0.655 bits per heavy atom. The fourth-order valence-electron chi connectivity index (χ4n) is 6.78. The van der Waals surface area contributed by atoms with Crippen molar-refractivity contribution in [3.8, 4) is 40.2 Å². The minimum absolute atomic E-state index is 0.0855. The van der Waals surface area contributed by atoms with E-state index in [2.05, 4.69) is 0 Å². The number of carbonyl (C=O) groups is 5. The van der Waals surface area contributed by atoms with Gasteiger partial charge in [-0.1, -0.05) is 12.1 Å². The number of hydrogen-bond donors (Lipinski definition) is 4. The predicted octanol–water partition coefficient (Wildman–Crippen LogP) is 2.47. The van der Waals surface area contributed by atoms with E-state index in [1.807, 2.05) is 0 Å². The summed E-state index contributed by atoms with van der Waals surface area (Å²) in [6, 6.07) is 10.9. The van der Waals surface area contributed by atoms with Gasteiger partial charge in [0.15, 0.2) is 72.0 Å². The minimum atomic E-state index is -1.76. The van der Waals surface area contributed by atoms with Gasteiger partial charge in [0, 0.05) is 45.4 Å². The van der Waals surface area contributed by atoms with E-state index in [0.29, 0.717) is 5.56 Å². The van der Waals surface area contributed by atoms with Crippen molar-refractivity contribution in [3.63, 3.8) is 0 Å². The zero-order valence-electron chi connectivity index (χ0n) is 31.6. The van der Waals surface area contributed by atoms with Crippen LogP contribution in [-0.4, -0.2) is 113 Å². The van der Waals surface area contributed by atoms with E-state index in [0.717, 1.165) is 39.8 Å². The molecular formula is C39H40O19. The first kappa shape index (κ1) is 41.3. The summed E-state index contributed by atoms with van der Waals surface area (Å²) in [6.07, 6.45) is -12.4. The lowest BCUT2D eigenvalue weighted by Gasteiger charge is -2.44. The molecule has 0 bridgehead atoms. The lowest BCUT2D eigenvalue weighted by Crippen LogP contribution is -2.63. The summed E-state index contributed by atoms with van der Waals surface area (Å²) in [5.41, 5.74) is 0.371. The van der Waals surface area contributed by atoms with Crippen LogP contribution in [0.1, 0.15) is 61.4 Å². The average Bonchev–Trinajstić information content (AvgIpc) is 3.15. The van der Waals surface area contributed by atoms with Crippen LogP contribution < -0.4 is 18.9 Å². The van der Waals surface area contributed by atoms with Crippen LogP contribution in [0.5, 0.6) is 40.2 Å². The van der Waals surface area contributed by atoms with Gasteiger partial charge in [-0.2, -0.15) is 0 Å². The molecular weight excluding hydrogens is 772 g/mol. The second kappa shape index (κ2) is 17.0. The Labute approximate surface area is 329 Å². The van der Waals surface area contributed by atoms with Crippen molar-refractivity contribution in [2.45, 2.75) is 82.8 Å². The molecule has 0 aliphatic carbocycles. The van der Waals surface area contributed by atoms with Crippen molar-refractivity contribution in [1.29, 1.82) is 0 Å². The maximum absolute atomic E-state index is 13.1. The average molecular weight is 813 g/mol. The molecule has 3 aromatic carbocycles. The SMILES string of the molecule is COc1cc(C2Oc3cc([C@H]4Oc5cc(O)cc(O)c5C(=O)[C@@H]4O)ccc3OC2CO[C@@H]2O[C@H](COC(C)=O)[C@H](OC(C)=O)[C@H](OC(C)=O)[C@H]2OC(C)=O)ccc1O. The smallest absolute Gasteiger partial charge is 0.303 e. The van der Waals surface area contributed by atoms with Crippen molar-refractivity contribution < 1.29 is 91.8 Å². The largest absolute Gasteiger partial charge is 0.508 e. The predicted molar refractivity (Wildman–Crippen MR) is 190 cm³/mol. The number of ether oxygens (including phenoxy) is 10. The number of esters is 4. The van der Waals surface area contributed by atoms with Crippen LogP contribution in [0.25, 0.3) is 0 Å². The van der Waals surface area contributed by atoms with E-state index in [-0.39, 0.29) is 45.6 Å². The summed E-state index contributed by atoms with van der Waals surface area (Å²) in [5, 5.41) is 41.6. The van der Waals surface area contributed by atoms with E-state index in [1.54, 1.807) is 0 Å². The number of carbonyl (C=O) groups excluding carboxylic acids is 5. The Hall–Kier alpha value is -6.31. The van der Waals surface area contributed by atoms with E-state index >= 15 is 0 Å². The fourth-order valence-corrected chi connectivity index (χ4v) is 6.78. The van der Waals surface area contributed by atoms with Gasteiger partial charge in [-0.25, -0.2) is 0 Å². The highest BCUT2D eigenvalue weighted by Gasteiger charge is 2.53. The van der Waals surface area contributed by atoms with Crippen LogP contribution >= 0.6 is 0 Å². The van der Waals surface area contributed by atoms with Gasteiger partial charge in [0.2, 0.25) is 5.78 Å². The maximum atomic E-state index is 13.1. The zero-order chi connectivity index (χ0) is 42.0. The normalized spacial score (nSPS) is 26.0. The van der Waals surface area contributed by atoms with Crippen LogP contribution in [0.15, 0.2) is 48.5 Å². The summed E-state index contributed by atoms with van der Waals surface area (Å²) in [5.74, 6) is -4.91. The molecule has 19 heteroatoms. The number of benzene rings is 3. The number of aromatic hydroxyl groups is 3. The standard InChI is InChI=1S/C39H40O19/c1-16(40)50-14-30-36(52-17(2)41)37(53-18(3)42)38(54-19(4)43)39(58-30)51-15-29-34(20-6-8-23(45)26(10-20)49-5)56-27-11-21(7-9-25(27)55-29)35-33(48)32(47)31-24(46)12-22(44)13-28(31)57-35/h6-13,29-30,33-39,44-46,48H,14-15H2,1-5H3/t29?,30-,33+,34?,35-,36+,37+,38-,39-/m1/s1. The highest BCUT2D eigenvalue weighted by atomic mass is 16.7. The molecule has 19 nitrogen and oxygen atoms in total. The van der Waals surface area contributed by atoms with Crippen molar-refractivity contribution in [3.05, 3.63) is 65.2 Å². The van der Waals surface area contributed by atoms with Crippen LogP contribution in [-0.2, 0) is 47.6 Å². The van der Waals surface area contributed by atoms with Crippen LogP contribution in [0.2, 0.25) is 0 Å². The summed E-state index contributed by atoms with van der Waals surface area (Å²) in [4.78, 5) is 61.7. The number of aliphatic hydroxyl groups is 1. The van der Waals surface area contributed by atoms with Crippen molar-refractivity contribution in [1.82, 2.24) is 0 Å². The molecule has 1 saturated heterocycles. The molecule has 2 unspecified atom stereocenters. The Morgan fingerprint density at radius 3 is 1.97 bits per heavy atom. The third-order valence-corrected chi connectivity index (χ3v) is 9.19. The lowest BCUT2D eigenvalue weighted by molar-refractivity contribution is -0.311. The summed E-state index contributed by atoms with van der Waals surface area (Å²) < 4.78 is 57.9. The molecule has 3 aliphatic heterocycles. The van der Waals surface area contributed by atoms with Gasteiger partial charge in [0.05, 0.1) is 13.7 Å². The van der Waals surface area contributed by atoms with Crippen molar-refractivity contribution in [2.24, 2.45) is 0 Å². The van der Waals surface area contributed by atoms with Gasteiger partial charge in [0.25, 0.3) is 0 Å². The molecule has 4 N–H and O–H groups in total. The molecule has 9 atom stereocenters. The number of rotatable bonds is 11. The fraction of sp³-hybridized carbons (Fsp3) is 0.410. The highest BCUT2D eigenvalue weighted by molar-refractivity contribution is 6.05. The van der Waals surface area contributed by atoms with Gasteiger partial charge in [-0.15, -0.1) is 0 Å². The molecule has 3 aromatic rings. The molecule has 58 heavy (non-hydrogen) atoms. The Kier molecular flexibility index (Phi) is 12.1. The number of hydrogen-bond acceptors (Lipinski definition) is 19. The van der Waals surface area contributed by atoms with Crippen LogP contribution in [0.4, 0.5) is 0 Å². The molecule has 0 radical (unpaired) electrons. The molecule has 310 valence electrons. The first-order valence-corrected chi connectivity index (χ1v) is 17.8. The number of phenolic OH excluding ortho intramolecular Hbond substituents is 3. The topological polar surface area (TPSA) is 259 Å². The van der Waals surface area contributed by atoms with Crippen molar-refractivity contribution in [2.75, 3.05) is 20.3 Å². The molecule has 0 amide bonds. The molecule has 0 aromatic heterocycles. The number of aliphatic hydroxyl groups excluding tert-OH is 1. The third-order valence-electron chi connectivity index (χ3n) is 9.19.